The van der Waals surface area contributed by atoms with Crippen molar-refractivity contribution in [3.05, 3.63) is 363 Å². The molecule has 0 unspecified atom stereocenters. The molecule has 8 nitrogen and oxygen atoms in total. The molecule has 18 aromatic heterocycles. The van der Waals surface area contributed by atoms with Gasteiger partial charge in [0.1, 0.15) is 45.4 Å². The molecule has 0 bridgehead atoms. The van der Waals surface area contributed by atoms with Crippen LogP contribution in [0.5, 0.6) is 0 Å². The van der Waals surface area contributed by atoms with Crippen molar-refractivity contribution in [1.29, 1.82) is 0 Å². The summed E-state index contributed by atoms with van der Waals surface area (Å²) in [5, 5.41) is 12.1. The maximum absolute atomic E-state index is 6.03. The Bertz CT molecular complexity index is 8110. The Kier molecular flexibility index (Phi) is 17.8. The summed E-state index contributed by atoms with van der Waals surface area (Å²) in [7, 11) is 0. The van der Waals surface area contributed by atoms with E-state index in [0.717, 1.165) is 90.0 Å². The summed E-state index contributed by atoms with van der Waals surface area (Å²) in [5.41, 5.74) is 28.3. The molecule has 30 aromatic rings. The molecule has 12 aromatic carbocycles. The summed E-state index contributed by atoms with van der Waals surface area (Å²) in [4.78, 5) is 2.47. The largest absolute Gasteiger partial charge is 0.463 e. The highest BCUT2D eigenvalue weighted by molar-refractivity contribution is 7.38. The van der Waals surface area contributed by atoms with E-state index >= 15 is 0 Å². The van der Waals surface area contributed by atoms with Crippen LogP contribution < -0.4 is 0 Å². The number of furan rings is 8. The van der Waals surface area contributed by atoms with E-state index in [9.17, 15) is 0 Å². The number of hydrogen-bond acceptors (Lipinski definition) is 18. The molecule has 0 spiro atoms. The summed E-state index contributed by atoms with van der Waals surface area (Å²) in [6, 6.07) is 118. The average molecular weight is 1880 g/mol. The van der Waals surface area contributed by atoms with Gasteiger partial charge in [-0.15, -0.1) is 113 Å². The molecule has 18 heterocycles. The van der Waals surface area contributed by atoms with Gasteiger partial charge in [0, 0.05) is 141 Å². The standard InChI is InChI=1S/C38H20O4S2.2C38H20O2S4/c1-5-23(31-19-33-29(41-31)13-15-39-33)6-2-21(1)25-9-11-27-35(17-25)43-38-28-12-10-26(18-36(28)44-37(27)38)22-3-7-24(8-4-22)32-20-34-30(42-32)14-16-40-34;1-5-23(33-19-29-31(41-33)13-15-39-29)6-2-21(1)25-9-11-27-35(17-25)43-38-28-12-10-26(18-36(28)44-37(27)38)22-3-7-24(8-4-22)34-20-30-32(42-34)14-16-40-30;1-5-23(31-19-35-29(39-31)13-15-41-35)6-2-21(1)25-9-11-27-33(17-25)43-38-28-12-10-26(18-34(28)44-37(27)38)22-3-7-24(8-4-22)32-20-36-30(40-32)14-16-42-36/h3*1-20H. The van der Waals surface area contributed by atoms with Crippen LogP contribution in [0.25, 0.3) is 285 Å². The number of rotatable bonds is 12. The Hall–Kier alpha value is -14.2. The van der Waals surface area contributed by atoms with Gasteiger partial charge >= 0.3 is 0 Å². The van der Waals surface area contributed by atoms with Crippen molar-refractivity contribution >= 4 is 266 Å². The maximum Gasteiger partial charge on any atom is 0.173 e. The molecule has 0 N–H and O–H groups in total. The molecular weight excluding hydrogens is 1820 g/mol. The molecule has 0 aliphatic carbocycles. The van der Waals surface area contributed by atoms with Crippen molar-refractivity contribution < 1.29 is 35.3 Å². The van der Waals surface area contributed by atoms with Gasteiger partial charge in [-0.25, -0.2) is 0 Å². The van der Waals surface area contributed by atoms with E-state index in [2.05, 4.69) is 290 Å². The SMILES string of the molecule is c1cc2oc(-c3ccc(-c4ccc5c(c4)sc4c6ccc(-c7ccc(-c8cc9occc9o8)cc7)cc6sc54)cc3)cc2o1.c1cc2oc(-c3ccc(-c4ccc5c(c4)sc4c6ccc(-c7ccc(-c8cc9sccc9o8)cc7)cc6sc54)cc3)cc2s1.c1cc2sc(-c3ccc(-c4ccc5c(c4)sc4c6ccc(-c7ccc(-c8cc9occc9s8)cc7)cc6sc54)cc3)cc2o1. The first-order valence-corrected chi connectivity index (χ1v) is 51.1. The molecular formula is C114H60O8S10. The number of thiophene rings is 10. The number of fused-ring (bicyclic) bond motifs is 21. The number of benzene rings is 12. The topological polar surface area (TPSA) is 105 Å². The quantitative estimate of drug-likeness (QED) is 0.119. The first-order valence-electron chi connectivity index (χ1n) is 42.8. The summed E-state index contributed by atoms with van der Waals surface area (Å²) < 4.78 is 66.9. The third-order valence-corrected chi connectivity index (χ3v) is 36.6. The van der Waals surface area contributed by atoms with Crippen LogP contribution in [0.3, 0.4) is 0 Å². The van der Waals surface area contributed by atoms with Crippen LogP contribution in [0.2, 0.25) is 0 Å². The third-order valence-electron chi connectivity index (χ3n) is 25.1. The van der Waals surface area contributed by atoms with Crippen LogP contribution >= 0.6 is 113 Å². The van der Waals surface area contributed by atoms with Crippen LogP contribution in [0.4, 0.5) is 0 Å². The van der Waals surface area contributed by atoms with E-state index in [1.807, 2.05) is 117 Å². The predicted molar refractivity (Wildman–Crippen MR) is 564 cm³/mol. The average Bonchev–Trinajstić information content (AvgIpc) is 1.59. The molecule has 624 valence electrons. The van der Waals surface area contributed by atoms with Crippen molar-refractivity contribution in [3.63, 3.8) is 0 Å². The van der Waals surface area contributed by atoms with Gasteiger partial charge in [-0.05, 0) is 149 Å². The summed E-state index contributed by atoms with van der Waals surface area (Å²) in [5.74, 6) is 3.48. The van der Waals surface area contributed by atoms with E-state index < -0.39 is 0 Å². The Morgan fingerprint density at radius 3 is 0.644 bits per heavy atom. The molecule has 0 saturated carbocycles. The molecule has 30 rings (SSSR count). The van der Waals surface area contributed by atoms with Crippen molar-refractivity contribution in [2.45, 2.75) is 0 Å². The summed E-state index contributed by atoms with van der Waals surface area (Å²) >= 11 is 18.3. The lowest BCUT2D eigenvalue weighted by Crippen LogP contribution is -1.79. The Balaban J connectivity index is 0.0000000991. The fourth-order valence-electron chi connectivity index (χ4n) is 18.3. The highest BCUT2D eigenvalue weighted by Crippen LogP contribution is 2.52. The summed E-state index contributed by atoms with van der Waals surface area (Å²) in [6.07, 6.45) is 6.80. The fourth-order valence-corrected chi connectivity index (χ4v) is 29.9. The lowest BCUT2D eigenvalue weighted by atomic mass is 10.0. The Labute approximate surface area is 789 Å². The molecule has 18 heteroatoms. The van der Waals surface area contributed by atoms with Gasteiger partial charge in [-0.3, -0.25) is 0 Å². The monoisotopic (exact) mass is 1880 g/mol. The summed E-state index contributed by atoms with van der Waals surface area (Å²) in [6.45, 7) is 0. The van der Waals surface area contributed by atoms with Gasteiger partial charge in [0.2, 0.25) is 0 Å². The van der Waals surface area contributed by atoms with Crippen molar-refractivity contribution in [2.75, 3.05) is 0 Å². The first-order chi connectivity index (χ1) is 65.2. The van der Waals surface area contributed by atoms with Gasteiger partial charge in [0.15, 0.2) is 22.3 Å². The second kappa shape index (κ2) is 30.7. The molecule has 0 aliphatic heterocycles. The third kappa shape index (κ3) is 13.2. The number of hydrogen-bond donors (Lipinski definition) is 0. The van der Waals surface area contributed by atoms with E-state index in [1.165, 1.54) is 195 Å². The lowest BCUT2D eigenvalue weighted by Gasteiger charge is -2.04. The predicted octanol–water partition coefficient (Wildman–Crippen LogP) is 39.7. The van der Waals surface area contributed by atoms with Crippen LogP contribution in [-0.2, 0) is 0 Å². The molecule has 0 atom stereocenters. The van der Waals surface area contributed by atoms with Crippen LogP contribution in [-0.4, -0.2) is 0 Å². The molecule has 0 aliphatic rings. The zero-order valence-electron chi connectivity index (χ0n) is 69.0. The molecule has 0 fully saturated rings. The minimum Gasteiger partial charge on any atom is -0.463 e. The Morgan fingerprint density at radius 1 is 0.144 bits per heavy atom. The zero-order valence-corrected chi connectivity index (χ0v) is 77.2. The van der Waals surface area contributed by atoms with E-state index in [0.29, 0.717) is 0 Å². The van der Waals surface area contributed by atoms with Crippen molar-refractivity contribution in [2.24, 2.45) is 0 Å². The van der Waals surface area contributed by atoms with Crippen molar-refractivity contribution in [3.8, 4) is 133 Å². The van der Waals surface area contributed by atoms with Crippen LogP contribution in [0.1, 0.15) is 0 Å². The van der Waals surface area contributed by atoms with E-state index in [4.69, 9.17) is 35.3 Å². The highest BCUT2D eigenvalue weighted by Gasteiger charge is 2.22. The van der Waals surface area contributed by atoms with Gasteiger partial charge in [0.25, 0.3) is 0 Å². The van der Waals surface area contributed by atoms with E-state index in [-0.39, 0.29) is 0 Å². The first kappa shape index (κ1) is 76.6. The van der Waals surface area contributed by atoms with Crippen LogP contribution in [0.15, 0.2) is 399 Å². The second-order valence-corrected chi connectivity index (χ2v) is 43.3. The van der Waals surface area contributed by atoms with Gasteiger partial charge < -0.3 is 35.3 Å². The second-order valence-electron chi connectivity index (χ2n) is 32.9. The fraction of sp³-hybridized carbons (Fsp3) is 0. The van der Waals surface area contributed by atoms with Crippen LogP contribution in [0, 0.1) is 0 Å². The maximum atomic E-state index is 6.03. The minimum atomic E-state index is 0.771. The lowest BCUT2D eigenvalue weighted by molar-refractivity contribution is 0.612. The molecule has 132 heavy (non-hydrogen) atoms. The molecule has 0 saturated heterocycles. The zero-order chi connectivity index (χ0) is 86.3. The van der Waals surface area contributed by atoms with Gasteiger partial charge in [0.05, 0.1) is 72.1 Å². The van der Waals surface area contributed by atoms with Gasteiger partial charge in [-0.1, -0.05) is 218 Å². The molecule has 0 amide bonds. The smallest absolute Gasteiger partial charge is 0.173 e. The molecule has 0 radical (unpaired) electrons. The van der Waals surface area contributed by atoms with Gasteiger partial charge in [-0.2, -0.15) is 0 Å². The Morgan fingerprint density at radius 2 is 0.379 bits per heavy atom. The normalized spacial score (nSPS) is 12.1. The van der Waals surface area contributed by atoms with E-state index in [1.54, 1.807) is 70.4 Å². The minimum absolute atomic E-state index is 0.771. The van der Waals surface area contributed by atoms with Crippen molar-refractivity contribution in [1.82, 2.24) is 0 Å². The highest BCUT2D eigenvalue weighted by atomic mass is 32.1.